The Morgan fingerprint density at radius 2 is 1.88 bits per heavy atom. The highest BCUT2D eigenvalue weighted by Crippen LogP contribution is 2.35. The number of amidine groups is 1. The van der Waals surface area contributed by atoms with Crippen molar-refractivity contribution in [1.29, 1.82) is 0 Å². The zero-order valence-corrected chi connectivity index (χ0v) is 16.2. The largest absolute Gasteiger partial charge is 1.00 e. The molecule has 0 radical (unpaired) electrons. The lowest BCUT2D eigenvalue weighted by molar-refractivity contribution is -0.00000550. The molecule has 1 aromatic carbocycles. The summed E-state index contributed by atoms with van der Waals surface area (Å²) in [6, 6.07) is 5.93. The lowest BCUT2D eigenvalue weighted by Gasteiger charge is -2.18. The summed E-state index contributed by atoms with van der Waals surface area (Å²) < 4.78 is 11.2. The standard InChI is InChI=1S/C17H20N4O2S.BrH/c1-2-4-16(18-7-3-1)20-21-17-19-13(11-24-17)12-5-6-14-15(10-12)23-9-8-22-14;/h5-6,10-11H,1-4,7-9H2,(H,18,20)(H,19,21);1H/p-1. The molecule has 2 aliphatic rings. The third kappa shape index (κ3) is 4.43. The molecule has 0 fully saturated rings. The van der Waals surface area contributed by atoms with E-state index in [1.165, 1.54) is 19.3 Å². The number of ether oxygens (including phenoxy) is 2. The number of aliphatic imine (C=N–C) groups is 1. The molecule has 0 amide bonds. The molecule has 2 N–H and O–H groups in total. The molecule has 2 aromatic rings. The summed E-state index contributed by atoms with van der Waals surface area (Å²) in [5.41, 5.74) is 8.31. The average Bonchev–Trinajstić information content (AvgIpc) is 2.95. The van der Waals surface area contributed by atoms with Crippen LogP contribution in [0.2, 0.25) is 0 Å². The molecule has 2 aliphatic heterocycles. The van der Waals surface area contributed by atoms with E-state index in [1.807, 2.05) is 23.6 Å². The van der Waals surface area contributed by atoms with Crippen molar-refractivity contribution in [2.24, 2.45) is 4.99 Å². The molecule has 4 rings (SSSR count). The van der Waals surface area contributed by atoms with Gasteiger partial charge in [-0.3, -0.25) is 15.8 Å². The maximum absolute atomic E-state index is 5.64. The minimum atomic E-state index is 0. The van der Waals surface area contributed by atoms with E-state index in [-0.39, 0.29) is 17.0 Å². The van der Waals surface area contributed by atoms with E-state index in [2.05, 4.69) is 20.8 Å². The number of fused-ring (bicyclic) bond motifs is 1. The Hall–Kier alpha value is -1.80. The molecule has 8 heteroatoms. The van der Waals surface area contributed by atoms with E-state index in [9.17, 15) is 0 Å². The van der Waals surface area contributed by atoms with E-state index >= 15 is 0 Å². The number of rotatable bonds is 3. The SMILES string of the molecule is [Br-].c1cc2c(cc1-c1csc(NNC3=NCCCCC3)n1)OCCO2. The predicted molar refractivity (Wildman–Crippen MR) is 96.1 cm³/mol. The van der Waals surface area contributed by atoms with E-state index in [0.717, 1.165) is 46.7 Å². The summed E-state index contributed by atoms with van der Waals surface area (Å²) in [6.45, 7) is 2.10. The van der Waals surface area contributed by atoms with Crippen LogP contribution in [0.5, 0.6) is 11.5 Å². The number of nitrogens with one attached hydrogen (secondary N) is 2. The average molecular weight is 424 g/mol. The second kappa shape index (κ2) is 8.53. The van der Waals surface area contributed by atoms with Gasteiger partial charge in [0.1, 0.15) is 19.0 Å². The van der Waals surface area contributed by atoms with Crippen molar-refractivity contribution in [2.75, 3.05) is 25.2 Å². The van der Waals surface area contributed by atoms with Gasteiger partial charge in [-0.25, -0.2) is 4.98 Å². The molecule has 0 atom stereocenters. The normalized spacial score (nSPS) is 16.2. The van der Waals surface area contributed by atoms with Gasteiger partial charge >= 0.3 is 0 Å². The number of nitrogens with zero attached hydrogens (tertiary/aromatic N) is 2. The summed E-state index contributed by atoms with van der Waals surface area (Å²) in [4.78, 5) is 9.17. The number of aromatic nitrogens is 1. The minimum Gasteiger partial charge on any atom is -1.00 e. The summed E-state index contributed by atoms with van der Waals surface area (Å²) >= 11 is 1.56. The van der Waals surface area contributed by atoms with Gasteiger partial charge in [-0.15, -0.1) is 11.3 Å². The topological polar surface area (TPSA) is 67.8 Å². The number of hydrogen-bond acceptors (Lipinski definition) is 7. The highest BCUT2D eigenvalue weighted by atomic mass is 79.9. The van der Waals surface area contributed by atoms with E-state index in [1.54, 1.807) is 11.3 Å². The third-order valence-electron chi connectivity index (χ3n) is 4.03. The quantitative estimate of drug-likeness (QED) is 0.702. The highest BCUT2D eigenvalue weighted by Gasteiger charge is 2.14. The zero-order chi connectivity index (χ0) is 16.2. The molecular weight excluding hydrogens is 404 g/mol. The first-order valence-corrected chi connectivity index (χ1v) is 9.17. The van der Waals surface area contributed by atoms with Crippen LogP contribution in [0.4, 0.5) is 5.13 Å². The lowest BCUT2D eigenvalue weighted by atomic mass is 10.1. The van der Waals surface area contributed by atoms with E-state index in [0.29, 0.717) is 13.2 Å². The zero-order valence-electron chi connectivity index (χ0n) is 13.8. The summed E-state index contributed by atoms with van der Waals surface area (Å²) in [5, 5.41) is 2.86. The molecule has 3 heterocycles. The van der Waals surface area contributed by atoms with Crippen molar-refractivity contribution >= 4 is 22.3 Å². The number of hydrazine groups is 1. The van der Waals surface area contributed by atoms with Crippen LogP contribution in [0.25, 0.3) is 11.3 Å². The fourth-order valence-corrected chi connectivity index (χ4v) is 3.44. The first-order valence-electron chi connectivity index (χ1n) is 8.29. The predicted octanol–water partition coefficient (Wildman–Crippen LogP) is 0.474. The Balaban J connectivity index is 0.00000182. The first-order chi connectivity index (χ1) is 11.9. The van der Waals surface area contributed by atoms with Gasteiger partial charge in [0.25, 0.3) is 0 Å². The molecular formula is C17H20BrN4O2S-. The van der Waals surface area contributed by atoms with Gasteiger partial charge in [-0.1, -0.05) is 6.42 Å². The molecule has 25 heavy (non-hydrogen) atoms. The Morgan fingerprint density at radius 1 is 1.00 bits per heavy atom. The number of halogens is 1. The molecule has 0 aliphatic carbocycles. The second-order valence-electron chi connectivity index (χ2n) is 5.79. The van der Waals surface area contributed by atoms with Crippen molar-refractivity contribution in [2.45, 2.75) is 25.7 Å². The third-order valence-corrected chi connectivity index (χ3v) is 4.79. The molecule has 134 valence electrons. The first kappa shape index (κ1) is 18.0. The maximum atomic E-state index is 5.64. The van der Waals surface area contributed by atoms with Gasteiger partial charge in [0.2, 0.25) is 5.13 Å². The minimum absolute atomic E-state index is 0. The van der Waals surface area contributed by atoms with Crippen molar-refractivity contribution in [3.05, 3.63) is 23.6 Å². The van der Waals surface area contributed by atoms with Crippen molar-refractivity contribution in [1.82, 2.24) is 10.4 Å². The Bertz CT molecular complexity index is 750. The molecule has 0 saturated carbocycles. The Labute approximate surface area is 161 Å². The fraction of sp³-hybridized carbons (Fsp3) is 0.412. The number of thiazole rings is 1. The van der Waals surface area contributed by atoms with Gasteiger partial charge in [0.15, 0.2) is 11.5 Å². The van der Waals surface area contributed by atoms with Crippen LogP contribution in [0.15, 0.2) is 28.6 Å². The number of hydrogen-bond donors (Lipinski definition) is 2. The summed E-state index contributed by atoms with van der Waals surface area (Å²) in [5.74, 6) is 2.60. The van der Waals surface area contributed by atoms with Crippen LogP contribution in [-0.4, -0.2) is 30.6 Å². The molecule has 0 spiro atoms. The fourth-order valence-electron chi connectivity index (χ4n) is 2.77. The van der Waals surface area contributed by atoms with Crippen LogP contribution in [0, 0.1) is 0 Å². The summed E-state index contributed by atoms with van der Waals surface area (Å²) in [6.07, 6.45) is 4.61. The van der Waals surface area contributed by atoms with Gasteiger partial charge in [-0.2, -0.15) is 0 Å². The van der Waals surface area contributed by atoms with Crippen molar-refractivity contribution in [3.8, 4) is 22.8 Å². The van der Waals surface area contributed by atoms with E-state index in [4.69, 9.17) is 9.47 Å². The Morgan fingerprint density at radius 3 is 2.80 bits per heavy atom. The van der Waals surface area contributed by atoms with Crippen LogP contribution < -0.4 is 37.3 Å². The van der Waals surface area contributed by atoms with Gasteiger partial charge in [-0.05, 0) is 31.0 Å². The molecule has 0 unspecified atom stereocenters. The Kier molecular flexibility index (Phi) is 6.14. The molecule has 6 nitrogen and oxygen atoms in total. The second-order valence-corrected chi connectivity index (χ2v) is 6.64. The van der Waals surface area contributed by atoms with Gasteiger partial charge in [0.05, 0.1) is 5.69 Å². The summed E-state index contributed by atoms with van der Waals surface area (Å²) in [7, 11) is 0. The van der Waals surface area contributed by atoms with Crippen LogP contribution in [0.3, 0.4) is 0 Å². The van der Waals surface area contributed by atoms with E-state index < -0.39 is 0 Å². The molecule has 1 aromatic heterocycles. The number of benzene rings is 1. The van der Waals surface area contributed by atoms with Gasteiger partial charge in [0, 0.05) is 23.9 Å². The van der Waals surface area contributed by atoms with Gasteiger partial charge < -0.3 is 26.5 Å². The van der Waals surface area contributed by atoms with Crippen LogP contribution in [0.1, 0.15) is 25.7 Å². The van der Waals surface area contributed by atoms with Crippen LogP contribution in [-0.2, 0) is 0 Å². The highest BCUT2D eigenvalue weighted by molar-refractivity contribution is 7.14. The lowest BCUT2D eigenvalue weighted by Crippen LogP contribution is -3.00. The van der Waals surface area contributed by atoms with Crippen molar-refractivity contribution in [3.63, 3.8) is 0 Å². The smallest absolute Gasteiger partial charge is 0.202 e. The number of anilines is 1. The van der Waals surface area contributed by atoms with Crippen molar-refractivity contribution < 1.29 is 26.5 Å². The molecule has 0 bridgehead atoms. The monoisotopic (exact) mass is 423 g/mol. The van der Waals surface area contributed by atoms with Crippen LogP contribution >= 0.6 is 11.3 Å². The maximum Gasteiger partial charge on any atom is 0.202 e. The molecule has 0 saturated heterocycles.